The molecular formula is C15H20BrN3. The Hall–Kier alpha value is -1.13. The van der Waals surface area contributed by atoms with Gasteiger partial charge in [-0.2, -0.15) is 5.10 Å². The van der Waals surface area contributed by atoms with Gasteiger partial charge in [-0.1, -0.05) is 46.3 Å². The van der Waals surface area contributed by atoms with E-state index in [1.54, 1.807) is 0 Å². The van der Waals surface area contributed by atoms with Crippen LogP contribution >= 0.6 is 15.9 Å². The molecule has 0 aliphatic heterocycles. The summed E-state index contributed by atoms with van der Waals surface area (Å²) < 4.78 is 1.97. The van der Waals surface area contributed by atoms with E-state index in [4.69, 9.17) is 0 Å². The summed E-state index contributed by atoms with van der Waals surface area (Å²) in [5, 5.41) is 5.39. The zero-order chi connectivity index (χ0) is 13.7. The molecule has 102 valence electrons. The van der Waals surface area contributed by atoms with E-state index in [0.29, 0.717) is 0 Å². The summed E-state index contributed by atoms with van der Waals surface area (Å²) in [4.78, 5) is 2.43. The number of halogens is 1. The fraction of sp³-hybridized carbons (Fsp3) is 0.400. The van der Waals surface area contributed by atoms with Gasteiger partial charge in [0.2, 0.25) is 0 Å². The van der Waals surface area contributed by atoms with Crippen molar-refractivity contribution in [2.45, 2.75) is 20.0 Å². The van der Waals surface area contributed by atoms with Gasteiger partial charge in [0.25, 0.3) is 0 Å². The van der Waals surface area contributed by atoms with Crippen molar-refractivity contribution in [1.29, 1.82) is 0 Å². The van der Waals surface area contributed by atoms with Crippen molar-refractivity contribution < 1.29 is 0 Å². The van der Waals surface area contributed by atoms with Crippen LogP contribution in [0.3, 0.4) is 0 Å². The SMILES string of the molecule is Cc1cc(CN(CCBr)Cc2ccccc2)n(C)n1. The Labute approximate surface area is 123 Å². The van der Waals surface area contributed by atoms with Crippen molar-refractivity contribution in [3.05, 3.63) is 53.3 Å². The van der Waals surface area contributed by atoms with Crippen molar-refractivity contribution >= 4 is 15.9 Å². The van der Waals surface area contributed by atoms with Crippen LogP contribution in [0, 0.1) is 6.92 Å². The van der Waals surface area contributed by atoms with Crippen LogP contribution in [0.2, 0.25) is 0 Å². The van der Waals surface area contributed by atoms with E-state index in [0.717, 1.165) is 30.7 Å². The van der Waals surface area contributed by atoms with Crippen molar-refractivity contribution in [3.8, 4) is 0 Å². The van der Waals surface area contributed by atoms with Crippen LogP contribution in [0.4, 0.5) is 0 Å². The lowest BCUT2D eigenvalue weighted by Crippen LogP contribution is -2.26. The Kier molecular flexibility index (Phi) is 5.16. The maximum atomic E-state index is 4.41. The Morgan fingerprint density at radius 3 is 2.53 bits per heavy atom. The van der Waals surface area contributed by atoms with E-state index in [-0.39, 0.29) is 0 Å². The van der Waals surface area contributed by atoms with Crippen molar-refractivity contribution in [2.24, 2.45) is 7.05 Å². The molecule has 0 fully saturated rings. The van der Waals surface area contributed by atoms with E-state index in [2.05, 4.69) is 62.3 Å². The molecule has 3 nitrogen and oxygen atoms in total. The molecule has 0 atom stereocenters. The van der Waals surface area contributed by atoms with Crippen LogP contribution < -0.4 is 0 Å². The molecule has 0 N–H and O–H groups in total. The maximum absolute atomic E-state index is 4.41. The van der Waals surface area contributed by atoms with Crippen molar-refractivity contribution in [1.82, 2.24) is 14.7 Å². The lowest BCUT2D eigenvalue weighted by atomic mass is 10.2. The smallest absolute Gasteiger partial charge is 0.0597 e. The van der Waals surface area contributed by atoms with E-state index >= 15 is 0 Å². The van der Waals surface area contributed by atoms with Crippen LogP contribution in [-0.4, -0.2) is 26.6 Å². The minimum Gasteiger partial charge on any atom is -0.292 e. The fourth-order valence-corrected chi connectivity index (χ4v) is 2.72. The molecule has 0 amide bonds. The number of nitrogens with zero attached hydrogens (tertiary/aromatic N) is 3. The topological polar surface area (TPSA) is 21.1 Å². The minimum absolute atomic E-state index is 0.928. The van der Waals surface area contributed by atoms with Gasteiger partial charge in [0.15, 0.2) is 0 Å². The molecule has 0 spiro atoms. The average Bonchev–Trinajstić information content (AvgIpc) is 2.69. The Balaban J connectivity index is 2.06. The van der Waals surface area contributed by atoms with Gasteiger partial charge in [0.1, 0.15) is 0 Å². The number of benzene rings is 1. The van der Waals surface area contributed by atoms with E-state index in [9.17, 15) is 0 Å². The second kappa shape index (κ2) is 6.87. The molecule has 4 heteroatoms. The monoisotopic (exact) mass is 321 g/mol. The molecule has 1 aromatic carbocycles. The third-order valence-electron chi connectivity index (χ3n) is 3.13. The zero-order valence-electron chi connectivity index (χ0n) is 11.5. The molecular weight excluding hydrogens is 302 g/mol. The first kappa shape index (κ1) is 14.3. The van der Waals surface area contributed by atoms with Crippen molar-refractivity contribution in [2.75, 3.05) is 11.9 Å². The Morgan fingerprint density at radius 1 is 1.21 bits per heavy atom. The fourth-order valence-electron chi connectivity index (χ4n) is 2.22. The molecule has 0 aliphatic carbocycles. The summed E-state index contributed by atoms with van der Waals surface area (Å²) in [7, 11) is 2.01. The summed E-state index contributed by atoms with van der Waals surface area (Å²) >= 11 is 3.54. The number of alkyl halides is 1. The second-order valence-corrected chi connectivity index (χ2v) is 5.58. The quantitative estimate of drug-likeness (QED) is 0.762. The molecule has 1 heterocycles. The standard InChI is InChI=1S/C15H20BrN3/c1-13-10-15(18(2)17-13)12-19(9-8-16)11-14-6-4-3-5-7-14/h3-7,10H,8-9,11-12H2,1-2H3. The zero-order valence-corrected chi connectivity index (χ0v) is 13.1. The first-order valence-corrected chi connectivity index (χ1v) is 7.63. The van der Waals surface area contributed by atoms with E-state index in [1.165, 1.54) is 11.3 Å². The highest BCUT2D eigenvalue weighted by Gasteiger charge is 2.09. The van der Waals surface area contributed by atoms with E-state index in [1.807, 2.05) is 18.7 Å². The molecule has 19 heavy (non-hydrogen) atoms. The maximum Gasteiger partial charge on any atom is 0.0597 e. The highest BCUT2D eigenvalue weighted by Crippen LogP contribution is 2.11. The summed E-state index contributed by atoms with van der Waals surface area (Å²) in [6, 6.07) is 12.8. The molecule has 2 aromatic rings. The van der Waals surface area contributed by atoms with Gasteiger partial charge in [0, 0.05) is 32.0 Å². The highest BCUT2D eigenvalue weighted by molar-refractivity contribution is 9.09. The number of hydrogen-bond acceptors (Lipinski definition) is 2. The predicted molar refractivity (Wildman–Crippen MR) is 82.3 cm³/mol. The third kappa shape index (κ3) is 4.18. The van der Waals surface area contributed by atoms with Crippen molar-refractivity contribution in [3.63, 3.8) is 0 Å². The minimum atomic E-state index is 0.928. The molecule has 0 aliphatic rings. The third-order valence-corrected chi connectivity index (χ3v) is 3.49. The molecule has 2 rings (SSSR count). The van der Waals surface area contributed by atoms with Crippen LogP contribution in [0.5, 0.6) is 0 Å². The summed E-state index contributed by atoms with van der Waals surface area (Å²) in [6.07, 6.45) is 0. The van der Waals surface area contributed by atoms with Gasteiger partial charge in [-0.15, -0.1) is 0 Å². The second-order valence-electron chi connectivity index (χ2n) is 4.79. The summed E-state index contributed by atoms with van der Waals surface area (Å²) in [5.41, 5.74) is 3.69. The van der Waals surface area contributed by atoms with Gasteiger partial charge >= 0.3 is 0 Å². The summed E-state index contributed by atoms with van der Waals surface area (Å²) in [6.45, 7) is 4.96. The average molecular weight is 322 g/mol. The number of aromatic nitrogens is 2. The van der Waals surface area contributed by atoms with Crippen LogP contribution in [-0.2, 0) is 20.1 Å². The summed E-state index contributed by atoms with van der Waals surface area (Å²) in [5.74, 6) is 0. The number of aryl methyl sites for hydroxylation is 2. The molecule has 1 aromatic heterocycles. The Bertz CT molecular complexity index is 507. The molecule has 0 saturated carbocycles. The normalized spacial score (nSPS) is 11.2. The van der Waals surface area contributed by atoms with Crippen LogP contribution in [0.25, 0.3) is 0 Å². The number of hydrogen-bond donors (Lipinski definition) is 0. The Morgan fingerprint density at radius 2 is 1.95 bits per heavy atom. The van der Waals surface area contributed by atoms with Gasteiger partial charge < -0.3 is 0 Å². The van der Waals surface area contributed by atoms with Gasteiger partial charge in [-0.25, -0.2) is 0 Å². The largest absolute Gasteiger partial charge is 0.292 e. The number of rotatable bonds is 6. The first-order chi connectivity index (χ1) is 9.19. The molecule has 0 bridgehead atoms. The van der Waals surface area contributed by atoms with Gasteiger partial charge in [0.05, 0.1) is 11.4 Å². The molecule has 0 radical (unpaired) electrons. The van der Waals surface area contributed by atoms with Crippen LogP contribution in [0.1, 0.15) is 17.0 Å². The first-order valence-electron chi connectivity index (χ1n) is 6.51. The predicted octanol–water partition coefficient (Wildman–Crippen LogP) is 3.13. The lowest BCUT2D eigenvalue weighted by Gasteiger charge is -2.21. The van der Waals surface area contributed by atoms with Gasteiger partial charge in [-0.3, -0.25) is 9.58 Å². The molecule has 0 saturated heterocycles. The van der Waals surface area contributed by atoms with E-state index < -0.39 is 0 Å². The van der Waals surface area contributed by atoms with Gasteiger partial charge in [-0.05, 0) is 18.6 Å². The molecule has 0 unspecified atom stereocenters. The van der Waals surface area contributed by atoms with Crippen LogP contribution in [0.15, 0.2) is 36.4 Å². The highest BCUT2D eigenvalue weighted by atomic mass is 79.9. The lowest BCUT2D eigenvalue weighted by molar-refractivity contribution is 0.267.